The van der Waals surface area contributed by atoms with Gasteiger partial charge in [-0.05, 0) is 57.0 Å². The number of nitrogens with one attached hydrogen (secondary N) is 1. The van der Waals surface area contributed by atoms with E-state index in [4.69, 9.17) is 4.74 Å². The molecule has 0 atom stereocenters. The monoisotopic (exact) mass is 331 g/mol. The van der Waals surface area contributed by atoms with Crippen LogP contribution in [-0.4, -0.2) is 62.8 Å². The van der Waals surface area contributed by atoms with Crippen LogP contribution in [0.15, 0.2) is 18.2 Å². The molecular formula is C19H29N3O2. The van der Waals surface area contributed by atoms with E-state index in [0.717, 1.165) is 52.1 Å². The van der Waals surface area contributed by atoms with Crippen LogP contribution in [0.4, 0.5) is 5.69 Å². The molecule has 2 aliphatic rings. The highest BCUT2D eigenvalue weighted by Gasteiger charge is 2.43. The molecule has 1 N–H and O–H groups in total. The minimum atomic E-state index is -0.618. The Kier molecular flexibility index (Phi) is 5.11. The summed E-state index contributed by atoms with van der Waals surface area (Å²) in [5.74, 6) is 0.173. The Morgan fingerprint density at radius 3 is 2.42 bits per heavy atom. The van der Waals surface area contributed by atoms with Crippen LogP contribution in [0.25, 0.3) is 0 Å². The van der Waals surface area contributed by atoms with Gasteiger partial charge in [0.1, 0.15) is 5.60 Å². The average Bonchev–Trinajstić information content (AvgIpc) is 2.64. The number of hydrogen-bond donors (Lipinski definition) is 1. The van der Waals surface area contributed by atoms with Crippen molar-refractivity contribution in [3.8, 4) is 0 Å². The van der Waals surface area contributed by atoms with Crippen molar-refractivity contribution in [1.29, 1.82) is 0 Å². The molecule has 1 amide bonds. The lowest BCUT2D eigenvalue weighted by molar-refractivity contribution is -0.158. The lowest BCUT2D eigenvalue weighted by Crippen LogP contribution is -2.59. The van der Waals surface area contributed by atoms with E-state index in [-0.39, 0.29) is 5.91 Å². The maximum atomic E-state index is 13.0. The summed E-state index contributed by atoms with van der Waals surface area (Å²) in [4.78, 5) is 17.4. The fraction of sp³-hybridized carbons (Fsp3) is 0.632. The Morgan fingerprint density at radius 2 is 1.79 bits per heavy atom. The van der Waals surface area contributed by atoms with Crippen molar-refractivity contribution < 1.29 is 9.53 Å². The van der Waals surface area contributed by atoms with Crippen LogP contribution >= 0.6 is 0 Å². The van der Waals surface area contributed by atoms with E-state index in [2.05, 4.69) is 42.3 Å². The second-order valence-corrected chi connectivity index (χ2v) is 6.95. The van der Waals surface area contributed by atoms with E-state index in [0.29, 0.717) is 0 Å². The number of aryl methyl sites for hydroxylation is 1. The molecule has 3 rings (SSSR count). The number of ether oxygens (including phenoxy) is 1. The van der Waals surface area contributed by atoms with Crippen LogP contribution in [0.5, 0.6) is 0 Å². The third-order valence-electron chi connectivity index (χ3n) is 5.68. The maximum Gasteiger partial charge on any atom is 0.255 e. The molecule has 0 spiro atoms. The number of methoxy groups -OCH3 is 1. The van der Waals surface area contributed by atoms with Crippen molar-refractivity contribution in [2.24, 2.45) is 0 Å². The number of anilines is 1. The smallest absolute Gasteiger partial charge is 0.255 e. The van der Waals surface area contributed by atoms with Gasteiger partial charge in [-0.2, -0.15) is 0 Å². The quantitative estimate of drug-likeness (QED) is 0.916. The molecule has 0 radical (unpaired) electrons. The fourth-order valence-corrected chi connectivity index (χ4v) is 3.85. The summed E-state index contributed by atoms with van der Waals surface area (Å²) >= 11 is 0. The standard InChI is InChI=1S/C19H29N3O2/c1-15-5-4-6-17(16(15)2)21-11-13-22(14-12-21)18(23)19(24-3)7-9-20-10-8-19/h4-6,20H,7-14H2,1-3H3. The van der Waals surface area contributed by atoms with E-state index in [1.54, 1.807) is 7.11 Å². The summed E-state index contributed by atoms with van der Waals surface area (Å²) < 4.78 is 5.70. The molecule has 1 aromatic carbocycles. The molecule has 2 saturated heterocycles. The Hall–Kier alpha value is -1.59. The average molecular weight is 331 g/mol. The first-order valence-electron chi connectivity index (χ1n) is 8.94. The van der Waals surface area contributed by atoms with E-state index >= 15 is 0 Å². The molecule has 5 heteroatoms. The minimum Gasteiger partial charge on any atom is -0.368 e. The van der Waals surface area contributed by atoms with Crippen LogP contribution in [0.1, 0.15) is 24.0 Å². The molecule has 2 heterocycles. The Bertz CT molecular complexity index is 588. The summed E-state index contributed by atoms with van der Waals surface area (Å²) in [5, 5.41) is 3.31. The minimum absolute atomic E-state index is 0.173. The first-order chi connectivity index (χ1) is 11.6. The number of nitrogens with zero attached hydrogens (tertiary/aromatic N) is 2. The van der Waals surface area contributed by atoms with Crippen molar-refractivity contribution in [1.82, 2.24) is 10.2 Å². The van der Waals surface area contributed by atoms with E-state index in [1.165, 1.54) is 16.8 Å². The zero-order chi connectivity index (χ0) is 17.2. The predicted molar refractivity (Wildman–Crippen MR) is 96.6 cm³/mol. The van der Waals surface area contributed by atoms with Gasteiger partial charge < -0.3 is 19.9 Å². The van der Waals surface area contributed by atoms with Gasteiger partial charge in [0.25, 0.3) is 5.91 Å². The van der Waals surface area contributed by atoms with Gasteiger partial charge in [0.15, 0.2) is 0 Å². The largest absolute Gasteiger partial charge is 0.368 e. The third-order valence-corrected chi connectivity index (χ3v) is 5.68. The van der Waals surface area contributed by atoms with Gasteiger partial charge >= 0.3 is 0 Å². The highest BCUT2D eigenvalue weighted by Crippen LogP contribution is 2.28. The van der Waals surface area contributed by atoms with Gasteiger partial charge in [0, 0.05) is 39.0 Å². The van der Waals surface area contributed by atoms with E-state index in [1.807, 2.05) is 4.90 Å². The van der Waals surface area contributed by atoms with Gasteiger partial charge in [-0.1, -0.05) is 12.1 Å². The number of hydrogen-bond acceptors (Lipinski definition) is 4. The zero-order valence-corrected chi connectivity index (χ0v) is 15.1. The molecule has 1 aromatic rings. The molecular weight excluding hydrogens is 302 g/mol. The third kappa shape index (κ3) is 3.15. The van der Waals surface area contributed by atoms with Crippen molar-refractivity contribution in [2.75, 3.05) is 51.3 Å². The molecule has 2 fully saturated rings. The Morgan fingerprint density at radius 1 is 1.12 bits per heavy atom. The highest BCUT2D eigenvalue weighted by atomic mass is 16.5. The number of carbonyl (C=O) groups excluding carboxylic acids is 1. The van der Waals surface area contributed by atoms with Crippen molar-refractivity contribution >= 4 is 11.6 Å². The van der Waals surface area contributed by atoms with Gasteiger partial charge in [-0.15, -0.1) is 0 Å². The van der Waals surface area contributed by atoms with Crippen LogP contribution in [-0.2, 0) is 9.53 Å². The normalized spacial score (nSPS) is 21.0. The highest BCUT2D eigenvalue weighted by molar-refractivity contribution is 5.85. The van der Waals surface area contributed by atoms with Crippen molar-refractivity contribution in [2.45, 2.75) is 32.3 Å². The molecule has 24 heavy (non-hydrogen) atoms. The first kappa shape index (κ1) is 17.2. The number of benzene rings is 1. The molecule has 5 nitrogen and oxygen atoms in total. The van der Waals surface area contributed by atoms with Crippen LogP contribution in [0.2, 0.25) is 0 Å². The molecule has 0 unspecified atom stereocenters. The summed E-state index contributed by atoms with van der Waals surface area (Å²) in [5.41, 5.74) is 3.33. The summed E-state index contributed by atoms with van der Waals surface area (Å²) in [7, 11) is 1.68. The van der Waals surface area contributed by atoms with Crippen molar-refractivity contribution in [3.63, 3.8) is 0 Å². The second kappa shape index (κ2) is 7.11. The van der Waals surface area contributed by atoms with Crippen LogP contribution in [0, 0.1) is 13.8 Å². The van der Waals surface area contributed by atoms with Crippen LogP contribution in [0.3, 0.4) is 0 Å². The molecule has 2 aliphatic heterocycles. The Balaban J connectivity index is 1.66. The maximum absolute atomic E-state index is 13.0. The van der Waals surface area contributed by atoms with Gasteiger partial charge in [-0.3, -0.25) is 4.79 Å². The van der Waals surface area contributed by atoms with Crippen molar-refractivity contribution in [3.05, 3.63) is 29.3 Å². The fourth-order valence-electron chi connectivity index (χ4n) is 3.85. The molecule has 132 valence electrons. The Labute approximate surface area is 145 Å². The topological polar surface area (TPSA) is 44.8 Å². The van der Waals surface area contributed by atoms with Gasteiger partial charge in [-0.25, -0.2) is 0 Å². The zero-order valence-electron chi connectivity index (χ0n) is 15.1. The summed E-state index contributed by atoms with van der Waals surface area (Å²) in [6.45, 7) is 9.33. The number of carbonyl (C=O) groups is 1. The second-order valence-electron chi connectivity index (χ2n) is 6.95. The summed E-state index contributed by atoms with van der Waals surface area (Å²) in [6, 6.07) is 6.45. The molecule has 0 bridgehead atoms. The molecule has 0 saturated carbocycles. The van der Waals surface area contributed by atoms with E-state index in [9.17, 15) is 4.79 Å². The number of piperidine rings is 1. The molecule has 0 aromatic heterocycles. The van der Waals surface area contributed by atoms with Gasteiger partial charge in [0.05, 0.1) is 0 Å². The van der Waals surface area contributed by atoms with Gasteiger partial charge in [0.2, 0.25) is 0 Å². The molecule has 0 aliphatic carbocycles. The number of rotatable bonds is 3. The first-order valence-corrected chi connectivity index (χ1v) is 8.94. The lowest BCUT2D eigenvalue weighted by Gasteiger charge is -2.43. The number of piperazine rings is 1. The number of amides is 1. The predicted octanol–water partition coefficient (Wildman–Crippen LogP) is 1.72. The van der Waals surface area contributed by atoms with Crippen LogP contribution < -0.4 is 10.2 Å². The lowest BCUT2D eigenvalue weighted by atomic mass is 9.90. The summed E-state index contributed by atoms with van der Waals surface area (Å²) in [6.07, 6.45) is 1.53. The van der Waals surface area contributed by atoms with E-state index < -0.39 is 5.60 Å². The SMILES string of the molecule is COC1(C(=O)N2CCN(c3cccc(C)c3C)CC2)CCNCC1.